The second kappa shape index (κ2) is 4.55. The van der Waals surface area contributed by atoms with Crippen molar-refractivity contribution in [3.8, 4) is 6.07 Å². The molecule has 0 aliphatic heterocycles. The Morgan fingerprint density at radius 2 is 2.20 bits per heavy atom. The molecule has 15 heavy (non-hydrogen) atoms. The quantitative estimate of drug-likeness (QED) is 0.359. The van der Waals surface area contributed by atoms with Crippen molar-refractivity contribution in [1.29, 1.82) is 5.26 Å². The summed E-state index contributed by atoms with van der Waals surface area (Å²) in [5.74, 6) is 0. The van der Waals surface area contributed by atoms with Crippen LogP contribution in [0, 0.1) is 25.0 Å². The molecule has 0 heterocycles. The van der Waals surface area contributed by atoms with Crippen LogP contribution in [0.2, 0.25) is 0 Å². The molecule has 0 saturated carbocycles. The fourth-order valence-electron chi connectivity index (χ4n) is 0.960. The van der Waals surface area contributed by atoms with Gasteiger partial charge in [-0.3, -0.25) is 14.9 Å². The van der Waals surface area contributed by atoms with Gasteiger partial charge in [0.05, 0.1) is 4.92 Å². The van der Waals surface area contributed by atoms with Gasteiger partial charge in [-0.15, -0.1) is 0 Å². The van der Waals surface area contributed by atoms with Crippen LogP contribution in [0.4, 0.5) is 5.69 Å². The largest absolute Gasteiger partial charge is 0.288 e. The Bertz CT molecular complexity index is 495. The Kier molecular flexibility index (Phi) is 3.60. The van der Waals surface area contributed by atoms with Crippen LogP contribution in [0.25, 0.3) is 0 Å². The van der Waals surface area contributed by atoms with Crippen LogP contribution in [0.3, 0.4) is 0 Å². The standard InChI is InChI=1S/C8H2ClIN2O3/c9-8(13)4-1-6(10)5(3-11)7(2-4)12(14)15/h1-2H. The second-order valence-electron chi connectivity index (χ2n) is 2.49. The van der Waals surface area contributed by atoms with Crippen molar-refractivity contribution in [3.05, 3.63) is 36.9 Å². The fraction of sp³-hybridized carbons (Fsp3) is 0. The number of nitro groups is 1. The zero-order chi connectivity index (χ0) is 11.6. The second-order valence-corrected chi connectivity index (χ2v) is 4.00. The highest BCUT2D eigenvalue weighted by atomic mass is 127. The summed E-state index contributed by atoms with van der Waals surface area (Å²) in [7, 11) is 0. The van der Waals surface area contributed by atoms with Crippen LogP contribution >= 0.6 is 34.2 Å². The monoisotopic (exact) mass is 336 g/mol. The summed E-state index contributed by atoms with van der Waals surface area (Å²) in [5, 5.41) is 18.5. The number of halogens is 2. The number of benzene rings is 1. The molecule has 0 amide bonds. The predicted molar refractivity (Wildman–Crippen MR) is 60.7 cm³/mol. The lowest BCUT2D eigenvalue weighted by atomic mass is 10.1. The molecule has 1 rings (SSSR count). The molecule has 7 heteroatoms. The van der Waals surface area contributed by atoms with E-state index in [0.29, 0.717) is 3.57 Å². The van der Waals surface area contributed by atoms with Gasteiger partial charge >= 0.3 is 0 Å². The molecule has 0 saturated heterocycles. The zero-order valence-electron chi connectivity index (χ0n) is 7.03. The van der Waals surface area contributed by atoms with E-state index in [0.717, 1.165) is 6.07 Å². The topological polar surface area (TPSA) is 84.0 Å². The molecule has 0 unspecified atom stereocenters. The number of rotatable bonds is 2. The molecule has 1 aromatic rings. The highest BCUT2D eigenvalue weighted by Gasteiger charge is 2.20. The summed E-state index contributed by atoms with van der Waals surface area (Å²) < 4.78 is 0.327. The minimum absolute atomic E-state index is 0.00627. The van der Waals surface area contributed by atoms with Gasteiger partial charge in [-0.2, -0.15) is 5.26 Å². The Balaban J connectivity index is 3.54. The molecule has 0 N–H and O–H groups in total. The Hall–Kier alpha value is -1.20. The first-order valence-electron chi connectivity index (χ1n) is 3.55. The van der Waals surface area contributed by atoms with E-state index < -0.39 is 15.9 Å². The molecule has 76 valence electrons. The molecule has 0 aromatic heterocycles. The third-order valence-corrected chi connectivity index (χ3v) is 2.67. The van der Waals surface area contributed by atoms with E-state index in [4.69, 9.17) is 16.9 Å². The predicted octanol–water partition coefficient (Wildman–Crippen LogP) is 2.45. The normalized spacial score (nSPS) is 9.40. The van der Waals surface area contributed by atoms with E-state index in [-0.39, 0.29) is 11.1 Å². The van der Waals surface area contributed by atoms with Crippen molar-refractivity contribution in [2.75, 3.05) is 0 Å². The Morgan fingerprint density at radius 3 is 2.60 bits per heavy atom. The highest BCUT2D eigenvalue weighted by molar-refractivity contribution is 14.1. The van der Waals surface area contributed by atoms with Gasteiger partial charge in [0, 0.05) is 15.2 Å². The number of carbonyl (C=O) groups is 1. The van der Waals surface area contributed by atoms with Crippen molar-refractivity contribution in [2.24, 2.45) is 0 Å². The lowest BCUT2D eigenvalue weighted by Crippen LogP contribution is -1.99. The first kappa shape index (κ1) is 11.9. The number of carbonyl (C=O) groups excluding carboxylic acids is 1. The first-order valence-corrected chi connectivity index (χ1v) is 5.01. The van der Waals surface area contributed by atoms with Crippen molar-refractivity contribution >= 4 is 45.1 Å². The van der Waals surface area contributed by atoms with Crippen molar-refractivity contribution in [3.63, 3.8) is 0 Å². The summed E-state index contributed by atoms with van der Waals surface area (Å²) in [6.07, 6.45) is 0. The molecule has 0 spiro atoms. The first-order chi connectivity index (χ1) is 6.97. The fourth-order valence-corrected chi connectivity index (χ4v) is 1.80. The average Bonchev–Trinajstić information content (AvgIpc) is 2.16. The molecular weight excluding hydrogens is 334 g/mol. The lowest BCUT2D eigenvalue weighted by molar-refractivity contribution is -0.385. The van der Waals surface area contributed by atoms with Gasteiger partial charge in [-0.25, -0.2) is 0 Å². The van der Waals surface area contributed by atoms with E-state index in [1.807, 2.05) is 0 Å². The Labute approximate surface area is 103 Å². The maximum Gasteiger partial charge on any atom is 0.288 e. The van der Waals surface area contributed by atoms with Crippen molar-refractivity contribution in [2.45, 2.75) is 0 Å². The van der Waals surface area contributed by atoms with Gasteiger partial charge in [-0.1, -0.05) is 0 Å². The van der Waals surface area contributed by atoms with Crippen LogP contribution in [-0.2, 0) is 0 Å². The van der Waals surface area contributed by atoms with Crippen LogP contribution in [0.1, 0.15) is 15.9 Å². The van der Waals surface area contributed by atoms with E-state index in [9.17, 15) is 14.9 Å². The molecule has 0 aliphatic carbocycles. The van der Waals surface area contributed by atoms with E-state index in [2.05, 4.69) is 0 Å². The molecule has 0 bridgehead atoms. The van der Waals surface area contributed by atoms with Gasteiger partial charge in [0.15, 0.2) is 0 Å². The summed E-state index contributed by atoms with van der Waals surface area (Å²) >= 11 is 6.94. The maximum atomic E-state index is 10.8. The summed E-state index contributed by atoms with van der Waals surface area (Å²) in [5.41, 5.74) is -0.470. The minimum atomic E-state index is -0.791. The summed E-state index contributed by atoms with van der Waals surface area (Å²) in [4.78, 5) is 20.7. The van der Waals surface area contributed by atoms with Gasteiger partial charge in [0.25, 0.3) is 10.9 Å². The smallest absolute Gasteiger partial charge is 0.276 e. The van der Waals surface area contributed by atoms with Gasteiger partial charge in [-0.05, 0) is 40.3 Å². The van der Waals surface area contributed by atoms with E-state index in [1.165, 1.54) is 6.07 Å². The molecule has 0 fully saturated rings. The summed E-state index contributed by atoms with van der Waals surface area (Å²) in [6.45, 7) is 0. The van der Waals surface area contributed by atoms with Gasteiger partial charge in [0.2, 0.25) is 0 Å². The molecule has 0 aliphatic rings. The lowest BCUT2D eigenvalue weighted by Gasteiger charge is -2.00. The SMILES string of the molecule is N#Cc1c(I)cc(C(=O)Cl)cc1[N+](=O)[O-]. The van der Waals surface area contributed by atoms with Gasteiger partial charge in [0.1, 0.15) is 11.6 Å². The van der Waals surface area contributed by atoms with E-state index >= 15 is 0 Å². The third kappa shape index (κ3) is 2.43. The van der Waals surface area contributed by atoms with Crippen molar-refractivity contribution in [1.82, 2.24) is 0 Å². The number of hydrogen-bond donors (Lipinski definition) is 0. The Morgan fingerprint density at radius 1 is 1.60 bits per heavy atom. The van der Waals surface area contributed by atoms with Crippen LogP contribution < -0.4 is 0 Å². The number of nitrogens with zero attached hydrogens (tertiary/aromatic N) is 2. The highest BCUT2D eigenvalue weighted by Crippen LogP contribution is 2.25. The maximum absolute atomic E-state index is 10.8. The minimum Gasteiger partial charge on any atom is -0.276 e. The number of nitro benzene ring substituents is 1. The number of hydrogen-bond acceptors (Lipinski definition) is 4. The third-order valence-electron chi connectivity index (χ3n) is 1.60. The molecule has 0 radical (unpaired) electrons. The van der Waals surface area contributed by atoms with E-state index in [1.54, 1.807) is 28.7 Å². The summed E-state index contributed by atoms with van der Waals surface area (Å²) in [6, 6.07) is 4.04. The zero-order valence-corrected chi connectivity index (χ0v) is 9.94. The molecule has 0 atom stereocenters. The number of nitriles is 1. The van der Waals surface area contributed by atoms with Crippen LogP contribution in [0.15, 0.2) is 12.1 Å². The average molecular weight is 336 g/mol. The van der Waals surface area contributed by atoms with Crippen molar-refractivity contribution < 1.29 is 9.72 Å². The molecule has 5 nitrogen and oxygen atoms in total. The molecular formula is C8H2ClIN2O3. The van der Waals surface area contributed by atoms with Crippen LogP contribution in [-0.4, -0.2) is 10.2 Å². The molecule has 1 aromatic carbocycles. The van der Waals surface area contributed by atoms with Crippen LogP contribution in [0.5, 0.6) is 0 Å². The van der Waals surface area contributed by atoms with Gasteiger partial charge < -0.3 is 0 Å².